The molecule has 1 heteroatoms. The zero-order chi connectivity index (χ0) is 9.54. The Hall–Kier alpha value is -0.560. The molecule has 3 aliphatic carbocycles. The van der Waals surface area contributed by atoms with Crippen molar-refractivity contribution in [1.82, 2.24) is 0 Å². The molecule has 0 aromatic rings. The number of hydrogen-bond acceptors (Lipinski definition) is 1. The summed E-state index contributed by atoms with van der Waals surface area (Å²) in [5.41, 5.74) is 0. The first-order valence-corrected chi connectivity index (χ1v) is 5.89. The summed E-state index contributed by atoms with van der Waals surface area (Å²) in [7, 11) is 0. The molecule has 0 aliphatic heterocycles. The minimum Gasteiger partial charge on any atom is -0.392 e. The summed E-state index contributed by atoms with van der Waals surface area (Å²) in [4.78, 5) is 0. The number of aliphatic hydroxyl groups excluding tert-OH is 1. The number of rotatable bonds is 0. The number of aliphatic hydroxyl groups is 1. The van der Waals surface area contributed by atoms with Gasteiger partial charge in [-0.05, 0) is 37.5 Å². The smallest absolute Gasteiger partial charge is 0.0670 e. The average molecular weight is 190 g/mol. The van der Waals surface area contributed by atoms with E-state index < -0.39 is 0 Å². The SMILES string of the molecule is OC1C2C=CC1C1CC/C=C/CCC21. The molecule has 1 fully saturated rings. The average Bonchev–Trinajstić information content (AvgIpc) is 2.59. The summed E-state index contributed by atoms with van der Waals surface area (Å²) in [6, 6.07) is 0. The van der Waals surface area contributed by atoms with Gasteiger partial charge in [0.25, 0.3) is 0 Å². The Morgan fingerprint density at radius 1 is 0.857 bits per heavy atom. The molecule has 0 spiro atoms. The van der Waals surface area contributed by atoms with E-state index in [9.17, 15) is 5.11 Å². The molecule has 4 atom stereocenters. The van der Waals surface area contributed by atoms with Crippen LogP contribution in [0.15, 0.2) is 24.3 Å². The monoisotopic (exact) mass is 190 g/mol. The Balaban J connectivity index is 1.86. The van der Waals surface area contributed by atoms with Crippen molar-refractivity contribution in [2.45, 2.75) is 31.8 Å². The van der Waals surface area contributed by atoms with E-state index in [-0.39, 0.29) is 6.10 Å². The third-order valence-corrected chi connectivity index (χ3v) is 4.38. The Morgan fingerprint density at radius 3 is 1.86 bits per heavy atom. The van der Waals surface area contributed by atoms with Gasteiger partial charge in [0.2, 0.25) is 0 Å². The van der Waals surface area contributed by atoms with Crippen LogP contribution >= 0.6 is 0 Å². The minimum atomic E-state index is -0.0527. The van der Waals surface area contributed by atoms with Crippen LogP contribution in [0.25, 0.3) is 0 Å². The van der Waals surface area contributed by atoms with Crippen molar-refractivity contribution in [2.24, 2.45) is 23.7 Å². The fraction of sp³-hybridized carbons (Fsp3) is 0.692. The van der Waals surface area contributed by atoms with Gasteiger partial charge in [-0.25, -0.2) is 0 Å². The van der Waals surface area contributed by atoms with Crippen LogP contribution in [0.4, 0.5) is 0 Å². The van der Waals surface area contributed by atoms with Gasteiger partial charge in [-0.3, -0.25) is 0 Å². The summed E-state index contributed by atoms with van der Waals surface area (Å²) >= 11 is 0. The minimum absolute atomic E-state index is 0.0527. The van der Waals surface area contributed by atoms with Crippen LogP contribution in [-0.4, -0.2) is 11.2 Å². The predicted molar refractivity (Wildman–Crippen MR) is 56.7 cm³/mol. The van der Waals surface area contributed by atoms with Gasteiger partial charge < -0.3 is 5.11 Å². The first kappa shape index (κ1) is 8.72. The van der Waals surface area contributed by atoms with Crippen molar-refractivity contribution in [1.29, 1.82) is 0 Å². The molecular formula is C13H18O. The third kappa shape index (κ3) is 1.12. The van der Waals surface area contributed by atoms with Crippen molar-refractivity contribution in [3.63, 3.8) is 0 Å². The lowest BCUT2D eigenvalue weighted by Gasteiger charge is -2.28. The highest BCUT2D eigenvalue weighted by atomic mass is 16.3. The van der Waals surface area contributed by atoms with Crippen molar-refractivity contribution < 1.29 is 5.11 Å². The van der Waals surface area contributed by atoms with E-state index in [0.29, 0.717) is 11.8 Å². The molecule has 0 heterocycles. The summed E-state index contributed by atoms with van der Waals surface area (Å²) in [5.74, 6) is 2.50. The van der Waals surface area contributed by atoms with Crippen molar-refractivity contribution in [3.8, 4) is 0 Å². The summed E-state index contributed by atoms with van der Waals surface area (Å²) < 4.78 is 0. The topological polar surface area (TPSA) is 20.2 Å². The van der Waals surface area contributed by atoms with Gasteiger partial charge in [0, 0.05) is 11.8 Å². The second-order valence-corrected chi connectivity index (χ2v) is 4.98. The van der Waals surface area contributed by atoms with Gasteiger partial charge in [-0.2, -0.15) is 0 Å². The largest absolute Gasteiger partial charge is 0.392 e. The molecule has 0 radical (unpaired) electrons. The number of hydrogen-bond donors (Lipinski definition) is 1. The van der Waals surface area contributed by atoms with E-state index in [1.807, 2.05) is 0 Å². The molecule has 1 N–H and O–H groups in total. The van der Waals surface area contributed by atoms with Crippen LogP contribution < -0.4 is 0 Å². The van der Waals surface area contributed by atoms with Crippen molar-refractivity contribution >= 4 is 0 Å². The molecule has 2 bridgehead atoms. The molecule has 0 aromatic heterocycles. The van der Waals surface area contributed by atoms with E-state index in [1.165, 1.54) is 25.7 Å². The molecule has 4 unspecified atom stereocenters. The van der Waals surface area contributed by atoms with Crippen LogP contribution in [0.2, 0.25) is 0 Å². The lowest BCUT2D eigenvalue weighted by Crippen LogP contribution is -2.20. The number of fused-ring (bicyclic) bond motifs is 5. The van der Waals surface area contributed by atoms with Crippen LogP contribution in [0.3, 0.4) is 0 Å². The lowest BCUT2D eigenvalue weighted by atomic mass is 9.77. The van der Waals surface area contributed by atoms with Gasteiger partial charge in [-0.15, -0.1) is 0 Å². The lowest BCUT2D eigenvalue weighted by molar-refractivity contribution is 0.126. The van der Waals surface area contributed by atoms with Crippen molar-refractivity contribution in [3.05, 3.63) is 24.3 Å². The van der Waals surface area contributed by atoms with Crippen LogP contribution in [0.5, 0.6) is 0 Å². The summed E-state index contributed by atoms with van der Waals surface area (Å²) in [6.45, 7) is 0. The number of allylic oxidation sites excluding steroid dienone is 2. The second-order valence-electron chi connectivity index (χ2n) is 4.98. The van der Waals surface area contributed by atoms with Gasteiger partial charge in [0.15, 0.2) is 0 Å². The molecule has 0 amide bonds. The van der Waals surface area contributed by atoms with E-state index in [4.69, 9.17) is 0 Å². The van der Waals surface area contributed by atoms with Crippen LogP contribution in [0, 0.1) is 23.7 Å². The first-order chi connectivity index (χ1) is 6.88. The van der Waals surface area contributed by atoms with Gasteiger partial charge in [-0.1, -0.05) is 24.3 Å². The fourth-order valence-corrected chi connectivity index (χ4v) is 3.73. The molecule has 3 rings (SSSR count). The highest BCUT2D eigenvalue weighted by Gasteiger charge is 2.49. The van der Waals surface area contributed by atoms with Gasteiger partial charge in [0.05, 0.1) is 6.10 Å². The Labute approximate surface area is 85.5 Å². The Kier molecular flexibility index (Phi) is 2.01. The normalized spacial score (nSPS) is 52.5. The van der Waals surface area contributed by atoms with Crippen LogP contribution in [-0.2, 0) is 0 Å². The van der Waals surface area contributed by atoms with Crippen LogP contribution in [0.1, 0.15) is 25.7 Å². The zero-order valence-electron chi connectivity index (χ0n) is 8.47. The molecule has 1 saturated carbocycles. The zero-order valence-corrected chi connectivity index (χ0v) is 8.47. The molecule has 0 saturated heterocycles. The predicted octanol–water partition coefficient (Wildman–Crippen LogP) is 2.53. The molecule has 3 aliphatic rings. The van der Waals surface area contributed by atoms with E-state index in [1.54, 1.807) is 0 Å². The highest BCUT2D eigenvalue weighted by Crippen LogP contribution is 2.52. The Bertz CT molecular complexity index is 253. The fourth-order valence-electron chi connectivity index (χ4n) is 3.73. The molecule has 1 nitrogen and oxygen atoms in total. The molecule has 76 valence electrons. The molecular weight excluding hydrogens is 172 g/mol. The molecule has 0 aromatic carbocycles. The second kappa shape index (κ2) is 3.23. The quantitative estimate of drug-likeness (QED) is 0.582. The third-order valence-electron chi connectivity index (χ3n) is 4.38. The standard InChI is InChI=1S/C13H18O/c14-13-11-7-8-12(13)10-6-4-2-1-3-5-9(10)11/h1-2,7-14H,3-6H2/b2-1+. The van der Waals surface area contributed by atoms with Crippen molar-refractivity contribution in [2.75, 3.05) is 0 Å². The van der Waals surface area contributed by atoms with Gasteiger partial charge >= 0.3 is 0 Å². The highest BCUT2D eigenvalue weighted by molar-refractivity contribution is 5.18. The maximum absolute atomic E-state index is 10.1. The van der Waals surface area contributed by atoms with E-state index in [0.717, 1.165) is 11.8 Å². The molecule has 14 heavy (non-hydrogen) atoms. The van der Waals surface area contributed by atoms with E-state index in [2.05, 4.69) is 24.3 Å². The maximum Gasteiger partial charge on any atom is 0.0670 e. The summed E-state index contributed by atoms with van der Waals surface area (Å²) in [6.07, 6.45) is 14.1. The van der Waals surface area contributed by atoms with E-state index >= 15 is 0 Å². The first-order valence-electron chi connectivity index (χ1n) is 5.89. The van der Waals surface area contributed by atoms with Gasteiger partial charge in [0.1, 0.15) is 0 Å². The summed E-state index contributed by atoms with van der Waals surface area (Å²) in [5, 5.41) is 10.1. The maximum atomic E-state index is 10.1. The Morgan fingerprint density at radius 2 is 1.36 bits per heavy atom.